The van der Waals surface area contributed by atoms with Crippen molar-refractivity contribution in [2.75, 3.05) is 13.6 Å². The van der Waals surface area contributed by atoms with Gasteiger partial charge < -0.3 is 34.7 Å². The standard InChI is InChI=1S/C26H24N2O7/c1-14(2)35-19-6-5-17(25(27)29)9-18(19)26(30)28-24(15-3-7-20-22(10-15)33-12-31-20)16-4-8-21-23(11-16)34-13-32-21/h3-11,14,24H,12-13H2,1-2H3,(H2,27,29)(H,28,30). The Hall–Kier alpha value is -4.40. The molecule has 2 aliphatic heterocycles. The Kier molecular flexibility index (Phi) is 5.82. The van der Waals surface area contributed by atoms with Crippen molar-refractivity contribution >= 4 is 11.8 Å². The van der Waals surface area contributed by atoms with Crippen LogP contribution < -0.4 is 34.7 Å². The fourth-order valence-electron chi connectivity index (χ4n) is 3.97. The number of primary amides is 1. The molecule has 0 bridgehead atoms. The lowest BCUT2D eigenvalue weighted by Crippen LogP contribution is -2.30. The van der Waals surface area contributed by atoms with Crippen molar-refractivity contribution in [1.82, 2.24) is 5.32 Å². The zero-order valence-corrected chi connectivity index (χ0v) is 19.2. The maximum absolute atomic E-state index is 13.6. The van der Waals surface area contributed by atoms with E-state index >= 15 is 0 Å². The molecule has 0 spiro atoms. The molecule has 9 heteroatoms. The van der Waals surface area contributed by atoms with Crippen LogP contribution in [-0.2, 0) is 0 Å². The number of hydrogen-bond donors (Lipinski definition) is 2. The summed E-state index contributed by atoms with van der Waals surface area (Å²) in [7, 11) is 0. The number of rotatable bonds is 7. The van der Waals surface area contributed by atoms with Gasteiger partial charge >= 0.3 is 0 Å². The second-order valence-corrected chi connectivity index (χ2v) is 8.37. The van der Waals surface area contributed by atoms with Crippen molar-refractivity contribution in [3.05, 3.63) is 76.9 Å². The van der Waals surface area contributed by atoms with E-state index < -0.39 is 17.9 Å². The Labute approximate surface area is 201 Å². The van der Waals surface area contributed by atoms with Gasteiger partial charge in [-0.3, -0.25) is 9.59 Å². The predicted octanol–water partition coefficient (Wildman–Crippen LogP) is 3.55. The van der Waals surface area contributed by atoms with E-state index in [-0.39, 0.29) is 30.8 Å². The first kappa shape index (κ1) is 22.4. The molecular formula is C26H24N2O7. The van der Waals surface area contributed by atoms with E-state index in [0.29, 0.717) is 28.7 Å². The number of fused-ring (bicyclic) bond motifs is 2. The van der Waals surface area contributed by atoms with E-state index in [0.717, 1.165) is 11.1 Å². The van der Waals surface area contributed by atoms with Gasteiger partial charge in [-0.05, 0) is 67.4 Å². The van der Waals surface area contributed by atoms with Crippen LogP contribution >= 0.6 is 0 Å². The van der Waals surface area contributed by atoms with Crippen LogP contribution in [0.5, 0.6) is 28.7 Å². The Morgan fingerprint density at radius 3 is 1.94 bits per heavy atom. The van der Waals surface area contributed by atoms with E-state index in [9.17, 15) is 9.59 Å². The second-order valence-electron chi connectivity index (χ2n) is 8.37. The molecule has 0 radical (unpaired) electrons. The molecule has 180 valence electrons. The third-order valence-corrected chi connectivity index (χ3v) is 5.61. The second kappa shape index (κ2) is 9.09. The lowest BCUT2D eigenvalue weighted by molar-refractivity contribution is 0.0937. The fraction of sp³-hybridized carbons (Fsp3) is 0.231. The summed E-state index contributed by atoms with van der Waals surface area (Å²) in [5.41, 5.74) is 7.38. The van der Waals surface area contributed by atoms with Gasteiger partial charge in [0.25, 0.3) is 5.91 Å². The Bertz CT molecular complexity index is 1250. The van der Waals surface area contributed by atoms with Gasteiger partial charge in [0.1, 0.15) is 5.75 Å². The molecule has 3 aromatic carbocycles. The largest absolute Gasteiger partial charge is 0.490 e. The molecule has 0 aliphatic carbocycles. The average Bonchev–Trinajstić information content (AvgIpc) is 3.50. The summed E-state index contributed by atoms with van der Waals surface area (Å²) in [6.45, 7) is 3.97. The zero-order chi connectivity index (χ0) is 24.5. The van der Waals surface area contributed by atoms with Crippen molar-refractivity contribution in [3.8, 4) is 28.7 Å². The Morgan fingerprint density at radius 1 is 0.829 bits per heavy atom. The summed E-state index contributed by atoms with van der Waals surface area (Å²) in [6.07, 6.45) is -0.181. The summed E-state index contributed by atoms with van der Waals surface area (Å²) < 4.78 is 27.8. The van der Waals surface area contributed by atoms with E-state index in [1.807, 2.05) is 38.1 Å². The number of carbonyl (C=O) groups is 2. The molecule has 0 aromatic heterocycles. The van der Waals surface area contributed by atoms with E-state index in [2.05, 4.69) is 5.32 Å². The first-order valence-corrected chi connectivity index (χ1v) is 11.1. The normalized spacial score (nSPS) is 13.3. The van der Waals surface area contributed by atoms with Crippen molar-refractivity contribution in [1.29, 1.82) is 0 Å². The highest BCUT2D eigenvalue weighted by molar-refractivity contribution is 6.01. The monoisotopic (exact) mass is 476 g/mol. The first-order chi connectivity index (χ1) is 16.9. The molecule has 2 aliphatic rings. The minimum Gasteiger partial charge on any atom is -0.490 e. The molecule has 2 heterocycles. The number of carbonyl (C=O) groups excluding carboxylic acids is 2. The minimum absolute atomic E-state index is 0.135. The van der Waals surface area contributed by atoms with Crippen molar-refractivity contribution in [2.45, 2.75) is 26.0 Å². The highest BCUT2D eigenvalue weighted by Crippen LogP contribution is 2.39. The van der Waals surface area contributed by atoms with Gasteiger partial charge in [-0.15, -0.1) is 0 Å². The van der Waals surface area contributed by atoms with Crippen LogP contribution in [0.4, 0.5) is 0 Å². The zero-order valence-electron chi connectivity index (χ0n) is 19.2. The van der Waals surface area contributed by atoms with Crippen LogP contribution in [0.1, 0.15) is 51.7 Å². The molecule has 0 fully saturated rings. The van der Waals surface area contributed by atoms with E-state index in [1.54, 1.807) is 18.2 Å². The minimum atomic E-state index is -0.641. The SMILES string of the molecule is CC(C)Oc1ccc(C(N)=O)cc1C(=O)NC(c1ccc2c(c1)OCO2)c1ccc2c(c1)OCO2. The number of nitrogens with two attached hydrogens (primary N) is 1. The molecule has 5 rings (SSSR count). The van der Waals surface area contributed by atoms with Crippen LogP contribution in [0, 0.1) is 0 Å². The van der Waals surface area contributed by atoms with Crippen LogP contribution in [0.15, 0.2) is 54.6 Å². The summed E-state index contributed by atoms with van der Waals surface area (Å²) in [6, 6.07) is 14.9. The fourth-order valence-corrected chi connectivity index (χ4v) is 3.97. The summed E-state index contributed by atoms with van der Waals surface area (Å²) >= 11 is 0. The topological polar surface area (TPSA) is 118 Å². The van der Waals surface area contributed by atoms with Crippen LogP contribution in [-0.4, -0.2) is 31.5 Å². The number of benzene rings is 3. The quantitative estimate of drug-likeness (QED) is 0.535. The molecular weight excluding hydrogens is 452 g/mol. The molecule has 3 N–H and O–H groups in total. The molecule has 9 nitrogen and oxygen atoms in total. The molecule has 0 saturated carbocycles. The van der Waals surface area contributed by atoms with Crippen LogP contribution in [0.3, 0.4) is 0 Å². The van der Waals surface area contributed by atoms with Crippen LogP contribution in [0.25, 0.3) is 0 Å². The summed E-state index contributed by atoms with van der Waals surface area (Å²) in [5.74, 6) is 1.70. The van der Waals surface area contributed by atoms with Crippen molar-refractivity contribution in [2.24, 2.45) is 5.73 Å². The molecule has 2 amide bonds. The van der Waals surface area contributed by atoms with Gasteiger partial charge in [-0.1, -0.05) is 12.1 Å². The Balaban J connectivity index is 1.54. The van der Waals surface area contributed by atoms with Gasteiger partial charge in [-0.25, -0.2) is 0 Å². The molecule has 0 atom stereocenters. The summed E-state index contributed by atoms with van der Waals surface area (Å²) in [4.78, 5) is 25.4. The maximum atomic E-state index is 13.6. The first-order valence-electron chi connectivity index (χ1n) is 11.1. The van der Waals surface area contributed by atoms with E-state index in [4.69, 9.17) is 29.4 Å². The van der Waals surface area contributed by atoms with Crippen LogP contribution in [0.2, 0.25) is 0 Å². The van der Waals surface area contributed by atoms with Gasteiger partial charge in [0.2, 0.25) is 19.5 Å². The summed E-state index contributed by atoms with van der Waals surface area (Å²) in [5, 5.41) is 3.06. The number of nitrogens with one attached hydrogen (secondary N) is 1. The van der Waals surface area contributed by atoms with Gasteiger partial charge in [0, 0.05) is 5.56 Å². The van der Waals surface area contributed by atoms with Gasteiger partial charge in [0.05, 0.1) is 17.7 Å². The smallest absolute Gasteiger partial charge is 0.255 e. The third-order valence-electron chi connectivity index (χ3n) is 5.61. The average molecular weight is 476 g/mol. The van der Waals surface area contributed by atoms with E-state index in [1.165, 1.54) is 12.1 Å². The van der Waals surface area contributed by atoms with Crippen molar-refractivity contribution in [3.63, 3.8) is 0 Å². The highest BCUT2D eigenvalue weighted by atomic mass is 16.7. The lowest BCUT2D eigenvalue weighted by atomic mass is 9.97. The molecule has 3 aromatic rings. The van der Waals surface area contributed by atoms with Crippen molar-refractivity contribution < 1.29 is 33.3 Å². The lowest BCUT2D eigenvalue weighted by Gasteiger charge is -2.22. The van der Waals surface area contributed by atoms with Gasteiger partial charge in [-0.2, -0.15) is 0 Å². The Morgan fingerprint density at radius 2 is 1.40 bits per heavy atom. The molecule has 0 saturated heterocycles. The van der Waals surface area contributed by atoms with Gasteiger partial charge in [0.15, 0.2) is 23.0 Å². The molecule has 0 unspecified atom stereocenters. The maximum Gasteiger partial charge on any atom is 0.255 e. The third kappa shape index (κ3) is 4.52. The predicted molar refractivity (Wildman–Crippen MR) is 125 cm³/mol. The number of amides is 2. The highest BCUT2D eigenvalue weighted by Gasteiger charge is 2.26. The molecule has 35 heavy (non-hydrogen) atoms. The number of hydrogen-bond acceptors (Lipinski definition) is 7. The number of ether oxygens (including phenoxy) is 5.